The molecule has 1 amide bonds. The van der Waals surface area contributed by atoms with Crippen LogP contribution in [0.4, 0.5) is 0 Å². The molecule has 0 atom stereocenters. The molecule has 0 saturated carbocycles. The van der Waals surface area contributed by atoms with Gasteiger partial charge in [-0.2, -0.15) is 0 Å². The summed E-state index contributed by atoms with van der Waals surface area (Å²) >= 11 is 0. The normalized spacial score (nSPS) is 11.0. The van der Waals surface area contributed by atoms with E-state index in [-0.39, 0.29) is 5.91 Å². The number of imidazole rings is 1. The molecule has 0 aliphatic carbocycles. The van der Waals surface area contributed by atoms with Crippen LogP contribution in [0.15, 0.2) is 48.5 Å². The van der Waals surface area contributed by atoms with Gasteiger partial charge in [0.2, 0.25) is 0 Å². The summed E-state index contributed by atoms with van der Waals surface area (Å²) in [4.78, 5) is 20.2. The molecule has 0 saturated heterocycles. The van der Waals surface area contributed by atoms with E-state index in [1.54, 1.807) is 16.8 Å². The van der Waals surface area contributed by atoms with Crippen molar-refractivity contribution in [3.63, 3.8) is 0 Å². The van der Waals surface area contributed by atoms with Crippen molar-refractivity contribution in [1.29, 1.82) is 0 Å². The molecule has 0 unspecified atom stereocenters. The highest BCUT2D eigenvalue weighted by atomic mass is 16.1. The number of aryl methyl sites for hydroxylation is 1. The van der Waals surface area contributed by atoms with Crippen molar-refractivity contribution in [3.8, 4) is 11.4 Å². The fourth-order valence-electron chi connectivity index (χ4n) is 2.78. The van der Waals surface area contributed by atoms with Gasteiger partial charge in [0.1, 0.15) is 5.82 Å². The summed E-state index contributed by atoms with van der Waals surface area (Å²) in [6.45, 7) is 2.94. The van der Waals surface area contributed by atoms with E-state index in [0.29, 0.717) is 30.3 Å². The van der Waals surface area contributed by atoms with E-state index in [2.05, 4.69) is 30.8 Å². The topological polar surface area (TPSA) is 101 Å². The van der Waals surface area contributed by atoms with Gasteiger partial charge in [0.25, 0.3) is 5.91 Å². The minimum absolute atomic E-state index is 0.178. The van der Waals surface area contributed by atoms with Gasteiger partial charge in [0.05, 0.1) is 17.6 Å². The highest BCUT2D eigenvalue weighted by Gasteiger charge is 2.12. The maximum absolute atomic E-state index is 12.5. The number of benzene rings is 2. The molecule has 8 heteroatoms. The van der Waals surface area contributed by atoms with E-state index in [0.717, 1.165) is 16.6 Å². The molecule has 4 rings (SSSR count). The molecule has 2 heterocycles. The number of rotatable bonds is 5. The molecule has 0 bridgehead atoms. The number of carbonyl (C=O) groups excluding carboxylic acids is 1. The number of nitrogens with zero attached hydrogens (tertiary/aromatic N) is 5. The van der Waals surface area contributed by atoms with Crippen LogP contribution in [0.2, 0.25) is 0 Å². The summed E-state index contributed by atoms with van der Waals surface area (Å²) in [5, 5.41) is 14.5. The van der Waals surface area contributed by atoms with Crippen molar-refractivity contribution in [2.45, 2.75) is 20.0 Å². The second-order valence-electron chi connectivity index (χ2n) is 5.78. The molecular formula is C18H17N7O. The number of hydrogen-bond acceptors (Lipinski definition) is 5. The number of carbonyl (C=O) groups is 1. The summed E-state index contributed by atoms with van der Waals surface area (Å²) in [6.07, 6.45) is 0. The van der Waals surface area contributed by atoms with Crippen LogP contribution in [0.1, 0.15) is 23.1 Å². The molecule has 26 heavy (non-hydrogen) atoms. The van der Waals surface area contributed by atoms with Gasteiger partial charge < -0.3 is 10.3 Å². The van der Waals surface area contributed by atoms with Crippen LogP contribution >= 0.6 is 0 Å². The van der Waals surface area contributed by atoms with Crippen molar-refractivity contribution in [2.75, 3.05) is 0 Å². The van der Waals surface area contributed by atoms with Gasteiger partial charge in [-0.3, -0.25) is 4.79 Å². The molecule has 130 valence electrons. The molecule has 2 aromatic heterocycles. The number of fused-ring (bicyclic) bond motifs is 1. The van der Waals surface area contributed by atoms with Crippen molar-refractivity contribution in [3.05, 3.63) is 59.9 Å². The highest BCUT2D eigenvalue weighted by molar-refractivity contribution is 5.95. The Morgan fingerprint density at radius 2 is 2.08 bits per heavy atom. The van der Waals surface area contributed by atoms with Crippen LogP contribution in [0.5, 0.6) is 0 Å². The largest absolute Gasteiger partial charge is 0.345 e. The predicted molar refractivity (Wildman–Crippen MR) is 96.2 cm³/mol. The van der Waals surface area contributed by atoms with Gasteiger partial charge >= 0.3 is 0 Å². The fraction of sp³-hybridized carbons (Fsp3) is 0.167. The number of hydrogen-bond donors (Lipinski definition) is 2. The number of nitrogens with one attached hydrogen (secondary N) is 2. The molecule has 4 aromatic rings. The van der Waals surface area contributed by atoms with Crippen LogP contribution < -0.4 is 5.32 Å². The summed E-state index contributed by atoms with van der Waals surface area (Å²) in [7, 11) is 0. The molecule has 0 aliphatic rings. The Labute approximate surface area is 149 Å². The zero-order valence-electron chi connectivity index (χ0n) is 14.2. The van der Waals surface area contributed by atoms with E-state index in [1.807, 2.05) is 43.3 Å². The monoisotopic (exact) mass is 347 g/mol. The Morgan fingerprint density at radius 1 is 1.19 bits per heavy atom. The molecule has 0 radical (unpaired) electrons. The fourth-order valence-corrected chi connectivity index (χ4v) is 2.78. The molecule has 8 nitrogen and oxygen atoms in total. The zero-order valence-corrected chi connectivity index (χ0v) is 14.2. The molecular weight excluding hydrogens is 330 g/mol. The minimum atomic E-state index is -0.178. The highest BCUT2D eigenvalue weighted by Crippen LogP contribution is 2.17. The first-order chi connectivity index (χ1) is 12.7. The van der Waals surface area contributed by atoms with Crippen LogP contribution in [0.3, 0.4) is 0 Å². The number of amides is 1. The molecule has 0 aliphatic heterocycles. The third-order valence-corrected chi connectivity index (χ3v) is 4.07. The summed E-state index contributed by atoms with van der Waals surface area (Å²) in [5.74, 6) is 1.17. The molecule has 2 N–H and O–H groups in total. The Hall–Kier alpha value is -3.55. The van der Waals surface area contributed by atoms with Crippen LogP contribution in [-0.4, -0.2) is 36.1 Å². The summed E-state index contributed by atoms with van der Waals surface area (Å²) in [5.41, 5.74) is 3.17. The van der Waals surface area contributed by atoms with Gasteiger partial charge in [-0.25, -0.2) is 9.67 Å². The smallest absolute Gasteiger partial charge is 0.251 e. The lowest BCUT2D eigenvalue weighted by Crippen LogP contribution is -2.23. The summed E-state index contributed by atoms with van der Waals surface area (Å²) in [6, 6.07) is 15.0. The second-order valence-corrected chi connectivity index (χ2v) is 5.78. The maximum Gasteiger partial charge on any atom is 0.251 e. The number of H-pyrrole nitrogens is 1. The van der Waals surface area contributed by atoms with Crippen LogP contribution in [0.25, 0.3) is 22.4 Å². The lowest BCUT2D eigenvalue weighted by Gasteiger charge is -2.06. The third kappa shape index (κ3) is 3.04. The average Bonchev–Trinajstić information content (AvgIpc) is 3.32. The second kappa shape index (κ2) is 6.75. The molecule has 0 fully saturated rings. The van der Waals surface area contributed by atoms with E-state index in [4.69, 9.17) is 0 Å². The van der Waals surface area contributed by atoms with Crippen LogP contribution in [-0.2, 0) is 13.1 Å². The van der Waals surface area contributed by atoms with E-state index >= 15 is 0 Å². The number of tetrazole rings is 1. The first-order valence-electron chi connectivity index (χ1n) is 8.33. The van der Waals surface area contributed by atoms with Crippen LogP contribution in [0, 0.1) is 0 Å². The van der Waals surface area contributed by atoms with Crippen molar-refractivity contribution >= 4 is 16.9 Å². The van der Waals surface area contributed by atoms with Gasteiger partial charge in [0, 0.05) is 17.7 Å². The van der Waals surface area contributed by atoms with Crippen molar-refractivity contribution in [2.24, 2.45) is 0 Å². The average molecular weight is 347 g/mol. The lowest BCUT2D eigenvalue weighted by atomic mass is 10.1. The Balaban J connectivity index is 1.50. The SMILES string of the molecule is CCn1nnnc1-c1cccc(C(=O)NCc2nc3ccccc3[nH]2)c1. The summed E-state index contributed by atoms with van der Waals surface area (Å²) < 4.78 is 1.69. The van der Waals surface area contributed by atoms with Gasteiger partial charge in [0.15, 0.2) is 5.82 Å². The minimum Gasteiger partial charge on any atom is -0.345 e. The van der Waals surface area contributed by atoms with Gasteiger partial charge in [-0.05, 0) is 41.6 Å². The number of aromatic amines is 1. The lowest BCUT2D eigenvalue weighted by molar-refractivity contribution is 0.0950. The predicted octanol–water partition coefficient (Wildman–Crippen LogP) is 2.17. The molecule has 0 spiro atoms. The quantitative estimate of drug-likeness (QED) is 0.576. The standard InChI is InChI=1S/C18H17N7O/c1-2-25-17(22-23-24-25)12-6-5-7-13(10-12)18(26)19-11-16-20-14-8-3-4-9-15(14)21-16/h3-10H,2,11H2,1H3,(H,19,26)(H,20,21). The van der Waals surface area contributed by atoms with Gasteiger partial charge in [-0.15, -0.1) is 5.10 Å². The van der Waals surface area contributed by atoms with E-state index in [9.17, 15) is 4.79 Å². The maximum atomic E-state index is 12.5. The van der Waals surface area contributed by atoms with E-state index < -0.39 is 0 Å². The number of para-hydroxylation sites is 2. The third-order valence-electron chi connectivity index (χ3n) is 4.07. The van der Waals surface area contributed by atoms with E-state index in [1.165, 1.54) is 0 Å². The first kappa shape index (κ1) is 15.9. The first-order valence-corrected chi connectivity index (χ1v) is 8.33. The Morgan fingerprint density at radius 3 is 2.92 bits per heavy atom. The number of aromatic nitrogens is 6. The van der Waals surface area contributed by atoms with Crippen molar-refractivity contribution in [1.82, 2.24) is 35.5 Å². The van der Waals surface area contributed by atoms with Gasteiger partial charge in [-0.1, -0.05) is 24.3 Å². The Kier molecular flexibility index (Phi) is 4.14. The zero-order chi connectivity index (χ0) is 17.9. The van der Waals surface area contributed by atoms with Crippen molar-refractivity contribution < 1.29 is 4.79 Å². The molecule has 2 aromatic carbocycles. The Bertz CT molecular complexity index is 1030.